The number of amides is 3. The van der Waals surface area contributed by atoms with E-state index >= 15 is 0 Å². The molecule has 3 aromatic rings. The summed E-state index contributed by atoms with van der Waals surface area (Å²) in [6, 6.07) is 19.7. The molecule has 35 heavy (non-hydrogen) atoms. The average Bonchev–Trinajstić information content (AvgIpc) is 3.01. The van der Waals surface area contributed by atoms with Crippen molar-refractivity contribution in [2.24, 2.45) is 0 Å². The van der Waals surface area contributed by atoms with Crippen molar-refractivity contribution in [2.45, 2.75) is 26.9 Å². The van der Waals surface area contributed by atoms with Gasteiger partial charge < -0.3 is 10.6 Å². The molecule has 6 nitrogen and oxygen atoms in total. The van der Waals surface area contributed by atoms with E-state index < -0.39 is 11.8 Å². The summed E-state index contributed by atoms with van der Waals surface area (Å²) < 4.78 is 0. The molecule has 1 aliphatic rings. The molecule has 2 N–H and O–H groups in total. The van der Waals surface area contributed by atoms with Crippen LogP contribution >= 0.6 is 23.2 Å². The second-order valence-electron chi connectivity index (χ2n) is 8.39. The molecule has 0 saturated heterocycles. The van der Waals surface area contributed by atoms with E-state index in [-0.39, 0.29) is 29.7 Å². The summed E-state index contributed by atoms with van der Waals surface area (Å²) in [5, 5.41) is 6.30. The van der Waals surface area contributed by atoms with Gasteiger partial charge in [0.15, 0.2) is 0 Å². The molecule has 3 aromatic carbocycles. The Morgan fingerprint density at radius 2 is 1.43 bits per heavy atom. The zero-order valence-electron chi connectivity index (χ0n) is 19.2. The number of hydrogen-bond donors (Lipinski definition) is 2. The summed E-state index contributed by atoms with van der Waals surface area (Å²) in [5.74, 6) is -1.25. The van der Waals surface area contributed by atoms with Gasteiger partial charge in [0, 0.05) is 22.8 Å². The molecular weight excluding hydrogens is 485 g/mol. The number of nitrogens with one attached hydrogen (secondary N) is 2. The molecule has 0 spiro atoms. The van der Waals surface area contributed by atoms with Crippen molar-refractivity contribution in [3.8, 4) is 0 Å². The van der Waals surface area contributed by atoms with Crippen LogP contribution in [0.4, 0.5) is 5.69 Å². The van der Waals surface area contributed by atoms with Gasteiger partial charge in [-0.1, -0.05) is 53.5 Å². The molecule has 4 rings (SSSR count). The number of nitrogens with zero attached hydrogens (tertiary/aromatic N) is 1. The van der Waals surface area contributed by atoms with Gasteiger partial charge in [0.2, 0.25) is 0 Å². The zero-order valence-corrected chi connectivity index (χ0v) is 20.7. The van der Waals surface area contributed by atoms with Gasteiger partial charge in [0.05, 0.1) is 6.54 Å². The Balaban J connectivity index is 1.37. The predicted molar refractivity (Wildman–Crippen MR) is 137 cm³/mol. The van der Waals surface area contributed by atoms with Crippen LogP contribution in [-0.4, -0.2) is 22.6 Å². The third kappa shape index (κ3) is 5.73. The fraction of sp³-hybridized carbons (Fsp3) is 0.148. The first-order valence-electron chi connectivity index (χ1n) is 10.9. The van der Waals surface area contributed by atoms with Crippen LogP contribution < -0.4 is 10.6 Å². The third-order valence-corrected chi connectivity index (χ3v) is 6.13. The first-order valence-corrected chi connectivity index (χ1v) is 11.7. The molecule has 3 amide bonds. The fourth-order valence-electron chi connectivity index (χ4n) is 3.83. The second kappa shape index (κ2) is 10.3. The highest BCUT2D eigenvalue weighted by Gasteiger charge is 2.37. The molecule has 0 radical (unpaired) electrons. The molecule has 0 fully saturated rings. The first kappa shape index (κ1) is 24.5. The van der Waals surface area contributed by atoms with E-state index in [2.05, 4.69) is 10.6 Å². The van der Waals surface area contributed by atoms with E-state index in [0.29, 0.717) is 10.6 Å². The van der Waals surface area contributed by atoms with Crippen LogP contribution in [0.2, 0.25) is 5.02 Å². The Kier molecular flexibility index (Phi) is 7.24. The zero-order chi connectivity index (χ0) is 25.1. The van der Waals surface area contributed by atoms with Crippen LogP contribution in [0.1, 0.15) is 32.6 Å². The Morgan fingerprint density at radius 3 is 2.06 bits per heavy atom. The van der Waals surface area contributed by atoms with Crippen LogP contribution in [0.3, 0.4) is 0 Å². The number of benzene rings is 3. The van der Waals surface area contributed by atoms with Gasteiger partial charge in [0.1, 0.15) is 10.7 Å². The van der Waals surface area contributed by atoms with E-state index in [1.165, 1.54) is 0 Å². The van der Waals surface area contributed by atoms with Crippen LogP contribution in [0.25, 0.3) is 0 Å². The SMILES string of the molecule is Cc1cc(C)cc(NC(=O)c2ccc(CNC3=C(Cl)C(=O)N(Cc4ccc(Cl)cc4)C3=O)cc2)c1. The van der Waals surface area contributed by atoms with Gasteiger partial charge in [-0.3, -0.25) is 19.3 Å². The van der Waals surface area contributed by atoms with Crippen LogP contribution in [0.5, 0.6) is 0 Å². The van der Waals surface area contributed by atoms with Gasteiger partial charge in [-0.15, -0.1) is 0 Å². The lowest BCUT2D eigenvalue weighted by atomic mass is 10.1. The highest BCUT2D eigenvalue weighted by atomic mass is 35.5. The van der Waals surface area contributed by atoms with Crippen LogP contribution in [0, 0.1) is 13.8 Å². The summed E-state index contributed by atoms with van der Waals surface area (Å²) in [5.41, 5.74) is 5.03. The maximum atomic E-state index is 12.8. The highest BCUT2D eigenvalue weighted by molar-refractivity contribution is 6.47. The van der Waals surface area contributed by atoms with E-state index in [4.69, 9.17) is 23.2 Å². The number of hydrogen-bond acceptors (Lipinski definition) is 4. The van der Waals surface area contributed by atoms with Crippen LogP contribution in [-0.2, 0) is 22.7 Å². The van der Waals surface area contributed by atoms with E-state index in [1.807, 2.05) is 32.0 Å². The summed E-state index contributed by atoms with van der Waals surface area (Å²) in [4.78, 5) is 39.0. The van der Waals surface area contributed by atoms with Crippen molar-refractivity contribution in [1.29, 1.82) is 0 Å². The molecule has 0 atom stereocenters. The number of carbonyl (C=O) groups is 3. The van der Waals surface area contributed by atoms with Crippen LogP contribution in [0.15, 0.2) is 77.5 Å². The Bertz CT molecular complexity index is 1310. The average molecular weight is 508 g/mol. The molecule has 0 aromatic heterocycles. The minimum Gasteiger partial charge on any atom is -0.375 e. The number of imide groups is 1. The lowest BCUT2D eigenvalue weighted by molar-refractivity contribution is -0.138. The van der Waals surface area contributed by atoms with Crippen molar-refractivity contribution in [3.05, 3.63) is 110 Å². The molecule has 178 valence electrons. The van der Waals surface area contributed by atoms with Gasteiger partial charge in [-0.05, 0) is 72.5 Å². The van der Waals surface area contributed by atoms with Gasteiger partial charge in [0.25, 0.3) is 17.7 Å². The third-order valence-electron chi connectivity index (χ3n) is 5.53. The number of rotatable bonds is 7. The molecule has 8 heteroatoms. The monoisotopic (exact) mass is 507 g/mol. The maximum absolute atomic E-state index is 12.8. The number of carbonyl (C=O) groups excluding carboxylic acids is 3. The van der Waals surface area contributed by atoms with Gasteiger partial charge >= 0.3 is 0 Å². The van der Waals surface area contributed by atoms with Crippen molar-refractivity contribution in [1.82, 2.24) is 10.2 Å². The maximum Gasteiger partial charge on any atom is 0.278 e. The Labute approximate surface area is 213 Å². The summed E-state index contributed by atoms with van der Waals surface area (Å²) in [6.07, 6.45) is 0. The molecule has 0 bridgehead atoms. The lowest BCUT2D eigenvalue weighted by Crippen LogP contribution is -2.33. The molecule has 0 unspecified atom stereocenters. The smallest absolute Gasteiger partial charge is 0.278 e. The minimum atomic E-state index is -0.549. The van der Waals surface area contributed by atoms with E-state index in [0.717, 1.165) is 32.8 Å². The first-order chi connectivity index (χ1) is 16.7. The van der Waals surface area contributed by atoms with Gasteiger partial charge in [-0.2, -0.15) is 0 Å². The molecular formula is C27H23Cl2N3O3. The van der Waals surface area contributed by atoms with Crippen molar-refractivity contribution >= 4 is 46.6 Å². The highest BCUT2D eigenvalue weighted by Crippen LogP contribution is 2.25. The summed E-state index contributed by atoms with van der Waals surface area (Å²) in [7, 11) is 0. The largest absolute Gasteiger partial charge is 0.375 e. The quantitative estimate of drug-likeness (QED) is 0.424. The fourth-order valence-corrected chi connectivity index (χ4v) is 4.21. The number of anilines is 1. The van der Waals surface area contributed by atoms with Crippen molar-refractivity contribution in [3.63, 3.8) is 0 Å². The minimum absolute atomic E-state index is 0.0577. The summed E-state index contributed by atoms with van der Waals surface area (Å²) in [6.45, 7) is 4.32. The van der Waals surface area contributed by atoms with Crippen molar-refractivity contribution < 1.29 is 14.4 Å². The van der Waals surface area contributed by atoms with Gasteiger partial charge in [-0.25, -0.2) is 0 Å². The normalized spacial score (nSPS) is 13.4. The standard InChI is InChI=1S/C27H23Cl2N3O3/c1-16-11-17(2)13-22(12-16)31-25(33)20-7-3-18(4-8-20)14-30-24-23(29)26(34)32(27(24)35)15-19-5-9-21(28)10-6-19/h3-13,30H,14-15H2,1-2H3,(H,31,33). The van der Waals surface area contributed by atoms with E-state index in [1.54, 1.807) is 48.5 Å². The molecule has 1 aliphatic heterocycles. The number of aryl methyl sites for hydroxylation is 2. The Morgan fingerprint density at radius 1 is 0.829 bits per heavy atom. The second-order valence-corrected chi connectivity index (χ2v) is 9.21. The molecule has 1 heterocycles. The van der Waals surface area contributed by atoms with Crippen molar-refractivity contribution in [2.75, 3.05) is 5.32 Å². The molecule has 0 saturated carbocycles. The van der Waals surface area contributed by atoms with E-state index in [9.17, 15) is 14.4 Å². The Hall–Kier alpha value is -3.61. The topological polar surface area (TPSA) is 78.5 Å². The molecule has 0 aliphatic carbocycles. The lowest BCUT2D eigenvalue weighted by Gasteiger charge is -2.15. The number of halogens is 2. The predicted octanol–water partition coefficient (Wildman–Crippen LogP) is 5.32. The summed E-state index contributed by atoms with van der Waals surface area (Å²) >= 11 is 12.1.